The molecule has 0 amide bonds. The monoisotopic (exact) mass is 504 g/mol. The summed E-state index contributed by atoms with van der Waals surface area (Å²) in [4.78, 5) is 57.2. The van der Waals surface area contributed by atoms with Gasteiger partial charge in [0.1, 0.15) is 6.61 Å². The molecule has 0 radical (unpaired) electrons. The van der Waals surface area contributed by atoms with Crippen LogP contribution in [0.15, 0.2) is 29.0 Å². The van der Waals surface area contributed by atoms with E-state index in [2.05, 4.69) is 19.7 Å². The molecule has 36 heavy (non-hydrogen) atoms. The number of carbonyl (C=O) groups excluding carboxylic acids is 2. The number of isocyanates is 2. The van der Waals surface area contributed by atoms with Crippen LogP contribution in [0.5, 0.6) is 0 Å². The first-order valence-electron chi connectivity index (χ1n) is 12.6. The number of hydrogen-bond acceptors (Lipinski definition) is 10. The average Bonchev–Trinajstić information content (AvgIpc) is 2.87. The molecule has 0 unspecified atom stereocenters. The molecule has 0 aromatic carbocycles. The number of hydrogen-bond donors (Lipinski definition) is 0. The molecule has 0 aliphatic heterocycles. The van der Waals surface area contributed by atoms with Crippen molar-refractivity contribution in [2.45, 2.75) is 90.1 Å². The fraction of sp³-hybridized carbons (Fsp3) is 0.750. The summed E-state index contributed by atoms with van der Waals surface area (Å²) in [7, 11) is 0. The number of nitriles is 1. The number of aromatic nitrogens is 2. The lowest BCUT2D eigenvalue weighted by Gasteiger charge is -2.10. The van der Waals surface area contributed by atoms with E-state index in [4.69, 9.17) is 9.68 Å². The van der Waals surface area contributed by atoms with Crippen molar-refractivity contribution in [1.29, 1.82) is 5.26 Å². The Hall–Kier alpha value is -3.54. The summed E-state index contributed by atoms with van der Waals surface area (Å²) in [6.45, 7) is 2.29. The molecular formula is C24H36N6O6. The summed E-state index contributed by atoms with van der Waals surface area (Å²) in [5, 5.41) is 8.41. The Morgan fingerprint density at radius 2 is 1.25 bits per heavy atom. The molecular weight excluding hydrogens is 468 g/mol. The van der Waals surface area contributed by atoms with Gasteiger partial charge >= 0.3 is 17.1 Å². The number of rotatable bonds is 21. The van der Waals surface area contributed by atoms with Crippen LogP contribution >= 0.6 is 0 Å². The molecule has 1 heterocycles. The van der Waals surface area contributed by atoms with Crippen LogP contribution in [0.4, 0.5) is 0 Å². The van der Waals surface area contributed by atoms with Crippen molar-refractivity contribution in [3.63, 3.8) is 0 Å². The van der Waals surface area contributed by atoms with Crippen molar-refractivity contribution >= 4 is 12.2 Å². The van der Waals surface area contributed by atoms with Crippen LogP contribution < -0.4 is 17.1 Å². The van der Waals surface area contributed by atoms with Gasteiger partial charge in [-0.1, -0.05) is 32.1 Å². The Morgan fingerprint density at radius 1 is 0.722 bits per heavy atom. The van der Waals surface area contributed by atoms with Gasteiger partial charge in [-0.3, -0.25) is 0 Å². The van der Waals surface area contributed by atoms with Crippen molar-refractivity contribution in [2.24, 2.45) is 15.0 Å². The van der Waals surface area contributed by atoms with E-state index >= 15 is 0 Å². The Bertz CT molecular complexity index is 1070. The Kier molecular flexibility index (Phi) is 17.6. The van der Waals surface area contributed by atoms with E-state index in [1.54, 1.807) is 6.26 Å². The maximum absolute atomic E-state index is 13.1. The van der Waals surface area contributed by atoms with Gasteiger partial charge < -0.3 is 9.15 Å². The lowest BCUT2D eigenvalue weighted by molar-refractivity contribution is 0.258. The molecule has 0 aliphatic carbocycles. The Balaban J connectivity index is 2.80. The topological polar surface area (TPSA) is 161 Å². The van der Waals surface area contributed by atoms with Gasteiger partial charge in [0.2, 0.25) is 12.2 Å². The first-order chi connectivity index (χ1) is 17.7. The minimum atomic E-state index is -0.721. The predicted octanol–water partition coefficient (Wildman–Crippen LogP) is 2.35. The van der Waals surface area contributed by atoms with Crippen molar-refractivity contribution in [2.75, 3.05) is 26.2 Å². The van der Waals surface area contributed by atoms with Crippen molar-refractivity contribution in [1.82, 2.24) is 9.13 Å². The lowest BCUT2D eigenvalue weighted by Crippen LogP contribution is -2.47. The van der Waals surface area contributed by atoms with Gasteiger partial charge in [0.15, 0.2) is 0 Å². The second kappa shape index (κ2) is 20.8. The van der Waals surface area contributed by atoms with Crippen molar-refractivity contribution in [3.8, 4) is 6.26 Å². The molecule has 1 aromatic rings. The van der Waals surface area contributed by atoms with Gasteiger partial charge in [-0.05, 0) is 44.9 Å². The van der Waals surface area contributed by atoms with Crippen LogP contribution in [0.1, 0.15) is 77.0 Å². The molecule has 0 spiro atoms. The molecule has 0 atom stereocenters. The van der Waals surface area contributed by atoms with Crippen molar-refractivity contribution < 1.29 is 18.7 Å². The van der Waals surface area contributed by atoms with E-state index in [1.807, 2.05) is 0 Å². The van der Waals surface area contributed by atoms with Gasteiger partial charge in [0.25, 0.3) is 6.26 Å². The van der Waals surface area contributed by atoms with Crippen LogP contribution in [-0.2, 0) is 27.4 Å². The highest BCUT2D eigenvalue weighted by Crippen LogP contribution is 2.03. The Morgan fingerprint density at radius 3 is 1.83 bits per heavy atom. The maximum atomic E-state index is 13.1. The van der Waals surface area contributed by atoms with Gasteiger partial charge in [-0.25, -0.2) is 43.3 Å². The lowest BCUT2D eigenvalue weighted by atomic mass is 10.2. The third-order valence-electron chi connectivity index (χ3n) is 5.49. The van der Waals surface area contributed by atoms with Crippen LogP contribution in [0.3, 0.4) is 0 Å². The summed E-state index contributed by atoms with van der Waals surface area (Å²) < 4.78 is 12.6. The smallest absolute Gasteiger partial charge is 0.425 e. The zero-order chi connectivity index (χ0) is 26.3. The summed E-state index contributed by atoms with van der Waals surface area (Å²) in [5.74, 6) is -0.721. The van der Waals surface area contributed by atoms with Crippen molar-refractivity contribution in [3.05, 3.63) is 26.7 Å². The average molecular weight is 505 g/mol. The minimum absolute atomic E-state index is 0.0337. The van der Waals surface area contributed by atoms with E-state index in [9.17, 15) is 19.2 Å². The number of nitrogens with zero attached hydrogens (tertiary/aromatic N) is 6. The van der Waals surface area contributed by atoms with Gasteiger partial charge in [0.05, 0.1) is 13.1 Å². The van der Waals surface area contributed by atoms with Crippen LogP contribution in [0, 0.1) is 11.5 Å². The molecule has 0 fully saturated rings. The summed E-state index contributed by atoms with van der Waals surface area (Å²) in [6.07, 6.45) is 14.1. The molecule has 0 saturated heterocycles. The number of aliphatic imine (C=N–C) groups is 2. The van der Waals surface area contributed by atoms with Crippen LogP contribution in [0.25, 0.3) is 0 Å². The number of ether oxygens (including phenoxy) is 1. The molecule has 1 rings (SSSR count). The van der Waals surface area contributed by atoms with E-state index < -0.39 is 11.4 Å². The zero-order valence-electron chi connectivity index (χ0n) is 20.9. The second-order valence-corrected chi connectivity index (χ2v) is 8.25. The largest absolute Gasteiger partial charge is 0.428 e. The molecule has 12 nitrogen and oxygen atoms in total. The highest BCUT2D eigenvalue weighted by Gasteiger charge is 2.11. The van der Waals surface area contributed by atoms with E-state index in [0.717, 1.165) is 68.8 Å². The Labute approximate surface area is 210 Å². The van der Waals surface area contributed by atoms with Gasteiger partial charge in [-0.2, -0.15) is 5.26 Å². The van der Waals surface area contributed by atoms with E-state index in [0.29, 0.717) is 45.6 Å². The molecule has 0 N–H and O–H groups in total. The van der Waals surface area contributed by atoms with Gasteiger partial charge in [0, 0.05) is 19.6 Å². The highest BCUT2D eigenvalue weighted by atomic mass is 16.5. The van der Waals surface area contributed by atoms with E-state index in [-0.39, 0.29) is 12.2 Å². The van der Waals surface area contributed by atoms with E-state index in [1.165, 1.54) is 16.7 Å². The molecule has 198 valence electrons. The zero-order valence-corrected chi connectivity index (χ0v) is 20.9. The maximum Gasteiger partial charge on any atom is 0.425 e. The normalized spacial score (nSPS) is 10.9. The summed E-state index contributed by atoms with van der Waals surface area (Å²) >= 11 is 0. The fourth-order valence-corrected chi connectivity index (χ4v) is 3.57. The summed E-state index contributed by atoms with van der Waals surface area (Å²) in [5.41, 5.74) is -0.401. The molecule has 0 bridgehead atoms. The minimum Gasteiger partial charge on any atom is -0.428 e. The summed E-state index contributed by atoms with van der Waals surface area (Å²) in [6, 6.07) is 0. The molecule has 0 saturated carbocycles. The number of unbranched alkanes of at least 4 members (excludes halogenated alkanes) is 9. The third-order valence-corrected chi connectivity index (χ3v) is 5.49. The SMILES string of the molecule is N#COCCCCCCn1c(=NCCCCCCN=C=O)oc(=O)n(CCCCCCN=C=O)c1=O. The highest BCUT2D eigenvalue weighted by molar-refractivity contribution is 5.32. The standard InChI is InChI=1S/C24H36N6O6/c25-19-35-18-12-6-5-10-16-29-22(28-15-9-2-1-7-13-26-20-31)36-24(34)30(23(29)33)17-11-4-3-8-14-27-21-32/h1-18H2. The van der Waals surface area contributed by atoms with Gasteiger partial charge in [-0.15, -0.1) is 0 Å². The quantitative estimate of drug-likeness (QED) is 0.107. The molecule has 12 heteroatoms. The van der Waals surface area contributed by atoms with Crippen LogP contribution in [-0.4, -0.2) is 47.5 Å². The fourth-order valence-electron chi connectivity index (χ4n) is 3.57. The second-order valence-electron chi connectivity index (χ2n) is 8.25. The third kappa shape index (κ3) is 13.4. The first kappa shape index (κ1) is 30.5. The van der Waals surface area contributed by atoms with Crippen LogP contribution in [0.2, 0.25) is 0 Å². The molecule has 1 aromatic heterocycles. The first-order valence-corrected chi connectivity index (χ1v) is 12.6. The molecule has 0 aliphatic rings. The predicted molar refractivity (Wildman–Crippen MR) is 131 cm³/mol.